The van der Waals surface area contributed by atoms with Crippen molar-refractivity contribution in [1.29, 1.82) is 0 Å². The fraction of sp³-hybridized carbons (Fsp3) is 0.700. The summed E-state index contributed by atoms with van der Waals surface area (Å²) < 4.78 is 28.2. The maximum atomic E-state index is 12.1. The summed E-state index contributed by atoms with van der Waals surface area (Å²) in [6.45, 7) is 6.35. The molecule has 2 heterocycles. The van der Waals surface area contributed by atoms with Crippen LogP contribution in [-0.2, 0) is 16.6 Å². The number of nitrogens with one attached hydrogen (secondary N) is 2. The zero-order chi connectivity index (χ0) is 13.2. The predicted molar refractivity (Wildman–Crippen MR) is 73.2 cm³/mol. The third-order valence-electron chi connectivity index (χ3n) is 2.86. The Balaban J connectivity index is 2.11. The number of hydrogen-bond acceptors (Lipinski definition) is 5. The average molecular weight is 290 g/mol. The topological polar surface area (TPSA) is 74.3 Å². The van der Waals surface area contributed by atoms with Gasteiger partial charge in [-0.1, -0.05) is 6.92 Å². The first-order valence-corrected chi connectivity index (χ1v) is 8.23. The van der Waals surface area contributed by atoms with E-state index in [4.69, 9.17) is 0 Å². The molecule has 2 N–H and O–H groups in total. The Morgan fingerprint density at radius 2 is 2.11 bits per heavy atom. The van der Waals surface area contributed by atoms with Gasteiger partial charge in [0.2, 0.25) is 0 Å². The van der Waals surface area contributed by atoms with Gasteiger partial charge in [0.05, 0.1) is 5.69 Å². The van der Waals surface area contributed by atoms with Crippen LogP contribution in [0, 0.1) is 6.92 Å². The van der Waals surface area contributed by atoms with E-state index < -0.39 is 10.2 Å². The maximum absolute atomic E-state index is 12.1. The Labute approximate surface area is 112 Å². The third kappa shape index (κ3) is 3.00. The van der Waals surface area contributed by atoms with Crippen LogP contribution in [0.1, 0.15) is 17.5 Å². The van der Waals surface area contributed by atoms with Crippen LogP contribution >= 0.6 is 11.3 Å². The summed E-state index contributed by atoms with van der Waals surface area (Å²) in [6.07, 6.45) is 0.817. The molecule has 0 spiro atoms. The molecule has 6 nitrogen and oxygen atoms in total. The Morgan fingerprint density at radius 3 is 2.67 bits per heavy atom. The second kappa shape index (κ2) is 5.52. The fourth-order valence-corrected chi connectivity index (χ4v) is 4.15. The highest BCUT2D eigenvalue weighted by atomic mass is 32.2. The molecule has 8 heteroatoms. The molecule has 1 fully saturated rings. The number of anilines is 1. The van der Waals surface area contributed by atoms with E-state index in [2.05, 4.69) is 15.0 Å². The Bertz CT molecular complexity index is 506. The molecular weight excluding hydrogens is 272 g/mol. The number of thiazole rings is 1. The van der Waals surface area contributed by atoms with Crippen molar-refractivity contribution in [2.24, 2.45) is 0 Å². The minimum atomic E-state index is -3.46. The van der Waals surface area contributed by atoms with Gasteiger partial charge in [-0.3, -0.25) is 0 Å². The highest BCUT2D eigenvalue weighted by molar-refractivity contribution is 7.90. The molecule has 0 unspecified atom stereocenters. The predicted octanol–water partition coefficient (Wildman–Crippen LogP) is 0.576. The van der Waals surface area contributed by atoms with Gasteiger partial charge in [-0.25, -0.2) is 9.71 Å². The summed E-state index contributed by atoms with van der Waals surface area (Å²) in [7, 11) is -3.46. The first kappa shape index (κ1) is 13.7. The number of rotatable bonds is 4. The van der Waals surface area contributed by atoms with Gasteiger partial charge in [0.25, 0.3) is 0 Å². The van der Waals surface area contributed by atoms with Crippen LogP contribution < -0.4 is 10.0 Å². The highest BCUT2D eigenvalue weighted by Gasteiger charge is 2.24. The Morgan fingerprint density at radius 1 is 1.44 bits per heavy atom. The van der Waals surface area contributed by atoms with E-state index in [1.807, 2.05) is 13.8 Å². The molecule has 0 aromatic carbocycles. The number of aryl methyl sites for hydroxylation is 2. The third-order valence-corrected chi connectivity index (χ3v) is 5.41. The van der Waals surface area contributed by atoms with Crippen molar-refractivity contribution in [2.45, 2.75) is 20.3 Å². The van der Waals surface area contributed by atoms with Crippen LogP contribution in [0.2, 0.25) is 0 Å². The summed E-state index contributed by atoms with van der Waals surface area (Å²) in [4.78, 5) is 5.36. The first-order valence-electron chi connectivity index (χ1n) is 5.98. The lowest BCUT2D eigenvalue weighted by molar-refractivity contribution is 0.362. The van der Waals surface area contributed by atoms with Crippen molar-refractivity contribution < 1.29 is 8.42 Å². The molecule has 1 saturated heterocycles. The standard InChI is InChI=1S/C10H18N4O2S2/c1-3-9-8(2)17-10(12-9)13-18(15,16)14-6-4-11-5-7-14/h11H,3-7H2,1-2H3,(H,12,13). The minimum absolute atomic E-state index is 0.461. The largest absolute Gasteiger partial charge is 0.314 e. The van der Waals surface area contributed by atoms with Gasteiger partial charge in [0.15, 0.2) is 5.13 Å². The SMILES string of the molecule is CCc1nc(NS(=O)(=O)N2CCNCC2)sc1C. The summed E-state index contributed by atoms with van der Waals surface area (Å²) in [6, 6.07) is 0. The Kier molecular flexibility index (Phi) is 4.21. The van der Waals surface area contributed by atoms with Crippen molar-refractivity contribution in [2.75, 3.05) is 30.9 Å². The number of hydrogen-bond donors (Lipinski definition) is 2. The van der Waals surface area contributed by atoms with E-state index in [0.29, 0.717) is 31.3 Å². The van der Waals surface area contributed by atoms with E-state index in [1.165, 1.54) is 15.6 Å². The summed E-state index contributed by atoms with van der Waals surface area (Å²) in [5.41, 5.74) is 0.956. The van der Waals surface area contributed by atoms with Gasteiger partial charge in [0, 0.05) is 31.1 Å². The van der Waals surface area contributed by atoms with Crippen LogP contribution in [0.4, 0.5) is 5.13 Å². The molecule has 0 atom stereocenters. The molecule has 1 aliphatic rings. The molecule has 0 amide bonds. The minimum Gasteiger partial charge on any atom is -0.314 e. The van der Waals surface area contributed by atoms with Crippen LogP contribution in [0.15, 0.2) is 0 Å². The number of piperazine rings is 1. The lowest BCUT2D eigenvalue weighted by Crippen LogP contribution is -2.48. The molecule has 0 bridgehead atoms. The van der Waals surface area contributed by atoms with Crippen LogP contribution in [0.5, 0.6) is 0 Å². The van der Waals surface area contributed by atoms with E-state index >= 15 is 0 Å². The lowest BCUT2D eigenvalue weighted by atomic mass is 10.3. The van der Waals surface area contributed by atoms with Crippen molar-refractivity contribution >= 4 is 26.7 Å². The molecule has 1 aromatic rings. The van der Waals surface area contributed by atoms with Crippen LogP contribution in [0.25, 0.3) is 0 Å². The van der Waals surface area contributed by atoms with Crippen molar-refractivity contribution in [3.05, 3.63) is 10.6 Å². The molecule has 0 saturated carbocycles. The van der Waals surface area contributed by atoms with E-state index in [-0.39, 0.29) is 0 Å². The van der Waals surface area contributed by atoms with Gasteiger partial charge < -0.3 is 5.32 Å². The van der Waals surface area contributed by atoms with Crippen molar-refractivity contribution in [1.82, 2.24) is 14.6 Å². The van der Waals surface area contributed by atoms with Gasteiger partial charge in [0.1, 0.15) is 0 Å². The monoisotopic (exact) mass is 290 g/mol. The average Bonchev–Trinajstić information content (AvgIpc) is 2.70. The molecular formula is C10H18N4O2S2. The van der Waals surface area contributed by atoms with Crippen LogP contribution in [-0.4, -0.2) is 43.9 Å². The van der Waals surface area contributed by atoms with Gasteiger partial charge >= 0.3 is 10.2 Å². The van der Waals surface area contributed by atoms with E-state index in [1.54, 1.807) is 0 Å². The molecule has 18 heavy (non-hydrogen) atoms. The lowest BCUT2D eigenvalue weighted by Gasteiger charge is -2.26. The van der Waals surface area contributed by atoms with Gasteiger partial charge in [-0.2, -0.15) is 12.7 Å². The number of nitrogens with zero attached hydrogens (tertiary/aromatic N) is 2. The zero-order valence-corrected chi connectivity index (χ0v) is 12.2. The number of aromatic nitrogens is 1. The van der Waals surface area contributed by atoms with Crippen molar-refractivity contribution in [3.63, 3.8) is 0 Å². The molecule has 102 valence electrons. The molecule has 0 aliphatic carbocycles. The normalized spacial score (nSPS) is 17.9. The fourth-order valence-electron chi connectivity index (χ4n) is 1.86. The molecule has 1 aromatic heterocycles. The highest BCUT2D eigenvalue weighted by Crippen LogP contribution is 2.23. The smallest absolute Gasteiger partial charge is 0.303 e. The van der Waals surface area contributed by atoms with E-state index in [9.17, 15) is 8.42 Å². The molecule has 0 radical (unpaired) electrons. The molecule has 2 rings (SSSR count). The molecule has 1 aliphatic heterocycles. The van der Waals surface area contributed by atoms with E-state index in [0.717, 1.165) is 17.0 Å². The zero-order valence-electron chi connectivity index (χ0n) is 10.6. The summed E-state index contributed by atoms with van der Waals surface area (Å²) >= 11 is 1.39. The van der Waals surface area contributed by atoms with Gasteiger partial charge in [-0.05, 0) is 13.3 Å². The summed E-state index contributed by atoms with van der Waals surface area (Å²) in [5, 5.41) is 3.59. The van der Waals surface area contributed by atoms with Crippen molar-refractivity contribution in [3.8, 4) is 0 Å². The second-order valence-corrected chi connectivity index (χ2v) is 7.01. The first-order chi connectivity index (χ1) is 8.53. The van der Waals surface area contributed by atoms with Crippen LogP contribution in [0.3, 0.4) is 0 Å². The Hall–Kier alpha value is -0.700. The summed E-state index contributed by atoms with van der Waals surface area (Å²) in [5.74, 6) is 0. The van der Waals surface area contributed by atoms with Gasteiger partial charge in [-0.15, -0.1) is 11.3 Å². The quantitative estimate of drug-likeness (QED) is 0.850. The maximum Gasteiger partial charge on any atom is 0.303 e. The second-order valence-electron chi connectivity index (χ2n) is 4.13.